The predicted octanol–water partition coefficient (Wildman–Crippen LogP) is -5.19. The van der Waals surface area contributed by atoms with Crippen LogP contribution in [0.15, 0.2) is 0 Å². The van der Waals surface area contributed by atoms with Crippen molar-refractivity contribution in [2.45, 2.75) is 55.0 Å². The molecule has 0 bridgehead atoms. The fourth-order valence-electron chi connectivity index (χ4n) is 2.17. The summed E-state index contributed by atoms with van der Waals surface area (Å²) >= 11 is 0. The van der Waals surface area contributed by atoms with Gasteiger partial charge in [-0.2, -0.15) is 0 Å². The lowest BCUT2D eigenvalue weighted by Gasteiger charge is -2.40. The van der Waals surface area contributed by atoms with Crippen LogP contribution in [-0.2, 0) is 9.53 Å². The summed E-state index contributed by atoms with van der Waals surface area (Å²) in [6.07, 6.45) is -18.5. The number of hydrogen-bond acceptors (Lipinski definition) is 10. The topological polar surface area (TPSA) is 188 Å². The molecule has 0 aliphatic carbocycles. The minimum Gasteiger partial charge on any atom is -0.394 e. The third-order valence-electron chi connectivity index (χ3n) is 3.68. The van der Waals surface area contributed by atoms with Crippen LogP contribution >= 0.6 is 0 Å². The number of halogens is 1. The zero-order valence-corrected chi connectivity index (χ0v) is 11.9. The monoisotopic (exact) mass is 343 g/mol. The summed E-state index contributed by atoms with van der Waals surface area (Å²) in [6.45, 7) is -1.83. The summed E-state index contributed by atoms with van der Waals surface area (Å²) in [5.41, 5.74) is 0. The molecule has 1 saturated heterocycles. The molecule has 11 heteroatoms. The van der Waals surface area contributed by atoms with E-state index in [-0.39, 0.29) is 0 Å². The van der Waals surface area contributed by atoms with E-state index in [2.05, 4.69) is 0 Å². The zero-order chi connectivity index (χ0) is 17.9. The molecule has 1 fully saturated rings. The molecule has 10 nitrogen and oxygen atoms in total. The van der Waals surface area contributed by atoms with E-state index in [1.54, 1.807) is 0 Å². The highest BCUT2D eigenvalue weighted by Gasteiger charge is 2.49. The molecule has 1 aliphatic rings. The molecule has 0 saturated carbocycles. The van der Waals surface area contributed by atoms with Crippen LogP contribution < -0.4 is 0 Å². The van der Waals surface area contributed by atoms with Crippen LogP contribution in [-0.4, -0.2) is 115 Å². The van der Waals surface area contributed by atoms with Gasteiger partial charge in [0.1, 0.15) is 48.8 Å². The van der Waals surface area contributed by atoms with Crippen molar-refractivity contribution in [2.24, 2.45) is 0 Å². The highest BCUT2D eigenvalue weighted by atomic mass is 18.2. The first kappa shape index (κ1) is 20.3. The van der Waals surface area contributed by atoms with Gasteiger partial charge in [0, 0.05) is 0 Å². The summed E-state index contributed by atoms with van der Waals surface area (Å²) in [4.78, 5) is 11.9. The van der Waals surface area contributed by atoms with Gasteiger partial charge in [-0.3, -0.25) is 4.79 Å². The van der Waals surface area contributed by atoms with Gasteiger partial charge in [-0.1, -0.05) is 0 Å². The Hall–Kier alpha value is -0.760. The molecule has 9 atom stereocenters. The first-order valence-corrected chi connectivity index (χ1v) is 6.80. The SMILES string of the molecule is O=C(C1O[C@H](CO)[C@H](O)[C@H](O)[C@H]1O)[C@H]([18F])[C@@H](O)[C@H](O)[C@H](O)CO. The first-order valence-electron chi connectivity index (χ1n) is 6.80. The molecule has 23 heavy (non-hydrogen) atoms. The van der Waals surface area contributed by atoms with Crippen molar-refractivity contribution in [3.05, 3.63) is 0 Å². The van der Waals surface area contributed by atoms with Crippen LogP contribution in [0.3, 0.4) is 0 Å². The van der Waals surface area contributed by atoms with Crippen LogP contribution in [0.2, 0.25) is 0 Å². The van der Waals surface area contributed by atoms with E-state index in [4.69, 9.17) is 20.1 Å². The Kier molecular flexibility index (Phi) is 7.38. The molecule has 0 aromatic carbocycles. The van der Waals surface area contributed by atoms with Crippen molar-refractivity contribution in [3.63, 3.8) is 0 Å². The molecule has 136 valence electrons. The van der Waals surface area contributed by atoms with Crippen LogP contribution in [0.4, 0.5) is 4.39 Å². The highest BCUT2D eigenvalue weighted by Crippen LogP contribution is 2.24. The number of Topliss-reactive ketones (excluding diaryl/α,β-unsaturated/α-hetero) is 1. The summed E-state index contributed by atoms with van der Waals surface area (Å²) in [6, 6.07) is 0. The van der Waals surface area contributed by atoms with Crippen LogP contribution in [0.25, 0.3) is 0 Å². The van der Waals surface area contributed by atoms with E-state index in [0.717, 1.165) is 0 Å². The van der Waals surface area contributed by atoms with E-state index >= 15 is 0 Å². The average Bonchev–Trinajstić information content (AvgIpc) is 2.56. The maximum absolute atomic E-state index is 14.0. The lowest BCUT2D eigenvalue weighted by atomic mass is 9.89. The van der Waals surface area contributed by atoms with Gasteiger partial charge < -0.3 is 45.6 Å². The standard InChI is InChI=1S/C12H21FO10/c13-5(8(19)6(17)3(16)1-14)9(20)12-11(22)10(21)7(18)4(2-15)23-12/h3-8,10-12,14-19,21-22H,1-2H2/t3-,4-,5-,6-,7+,8-,10+,11-,12?/m1/s1/i13-1. The number of hydrogen-bond donors (Lipinski definition) is 8. The molecule has 0 amide bonds. The van der Waals surface area contributed by atoms with Crippen molar-refractivity contribution >= 4 is 5.78 Å². The van der Waals surface area contributed by atoms with Gasteiger partial charge in [0.2, 0.25) is 5.78 Å². The molecule has 1 aliphatic heterocycles. The van der Waals surface area contributed by atoms with Gasteiger partial charge >= 0.3 is 0 Å². The van der Waals surface area contributed by atoms with E-state index in [9.17, 15) is 34.7 Å². The second-order valence-electron chi connectivity index (χ2n) is 5.28. The summed E-state index contributed by atoms with van der Waals surface area (Å²) in [5, 5.41) is 74.3. The number of carbonyl (C=O) groups excluding carboxylic acids is 1. The molecular weight excluding hydrogens is 322 g/mol. The smallest absolute Gasteiger partial charge is 0.201 e. The van der Waals surface area contributed by atoms with Crippen molar-refractivity contribution in [3.8, 4) is 0 Å². The van der Waals surface area contributed by atoms with Gasteiger partial charge in [0.05, 0.1) is 13.2 Å². The van der Waals surface area contributed by atoms with Crippen molar-refractivity contribution < 1.29 is 54.8 Å². The molecule has 0 spiro atoms. The third kappa shape index (κ3) is 4.21. The predicted molar refractivity (Wildman–Crippen MR) is 68.8 cm³/mol. The molecule has 0 aromatic rings. The Bertz CT molecular complexity index is 394. The second kappa shape index (κ2) is 8.37. The minimum absolute atomic E-state index is 0.833. The fourth-order valence-corrected chi connectivity index (χ4v) is 2.17. The zero-order valence-electron chi connectivity index (χ0n) is 11.9. The van der Waals surface area contributed by atoms with E-state index in [1.807, 2.05) is 0 Å². The third-order valence-corrected chi connectivity index (χ3v) is 3.68. The number of rotatable bonds is 7. The Balaban J connectivity index is 2.85. The Morgan fingerprint density at radius 1 is 1.00 bits per heavy atom. The molecule has 0 aromatic heterocycles. The van der Waals surface area contributed by atoms with Gasteiger partial charge in [-0.05, 0) is 0 Å². The van der Waals surface area contributed by atoms with Gasteiger partial charge in [0.15, 0.2) is 6.17 Å². The minimum atomic E-state index is -2.83. The van der Waals surface area contributed by atoms with Gasteiger partial charge in [-0.15, -0.1) is 0 Å². The first-order chi connectivity index (χ1) is 10.7. The Morgan fingerprint density at radius 2 is 1.57 bits per heavy atom. The Labute approximate surface area is 130 Å². The molecule has 1 rings (SSSR count). The fraction of sp³-hybridized carbons (Fsp3) is 0.917. The molecule has 1 heterocycles. The lowest BCUT2D eigenvalue weighted by molar-refractivity contribution is -0.229. The van der Waals surface area contributed by atoms with Crippen molar-refractivity contribution in [1.29, 1.82) is 0 Å². The van der Waals surface area contributed by atoms with Gasteiger partial charge in [0.25, 0.3) is 0 Å². The van der Waals surface area contributed by atoms with Gasteiger partial charge in [-0.25, -0.2) is 4.39 Å². The second-order valence-corrected chi connectivity index (χ2v) is 5.28. The normalized spacial score (nSPS) is 37.0. The number of ether oxygens (including phenoxy) is 1. The molecule has 0 radical (unpaired) electrons. The van der Waals surface area contributed by atoms with E-state index < -0.39 is 74.0 Å². The highest BCUT2D eigenvalue weighted by molar-refractivity contribution is 5.88. The maximum Gasteiger partial charge on any atom is 0.201 e. The summed E-state index contributed by atoms with van der Waals surface area (Å²) in [5.74, 6) is -1.57. The van der Waals surface area contributed by atoms with Crippen LogP contribution in [0, 0.1) is 0 Å². The summed E-state index contributed by atoms with van der Waals surface area (Å²) in [7, 11) is 0. The molecule has 1 unspecified atom stereocenters. The number of alkyl halides is 1. The Morgan fingerprint density at radius 3 is 2.04 bits per heavy atom. The quantitative estimate of drug-likeness (QED) is 0.222. The largest absolute Gasteiger partial charge is 0.394 e. The lowest BCUT2D eigenvalue weighted by Crippen LogP contribution is -2.62. The number of ketones is 1. The number of aliphatic hydroxyl groups is 8. The van der Waals surface area contributed by atoms with Crippen LogP contribution in [0.1, 0.15) is 0 Å². The summed E-state index contributed by atoms with van der Waals surface area (Å²) < 4.78 is 18.8. The average molecular weight is 343 g/mol. The molecular formula is C12H21FO10. The van der Waals surface area contributed by atoms with Crippen molar-refractivity contribution in [1.82, 2.24) is 0 Å². The van der Waals surface area contributed by atoms with E-state index in [1.165, 1.54) is 0 Å². The number of carbonyl (C=O) groups is 1. The van der Waals surface area contributed by atoms with Crippen molar-refractivity contribution in [2.75, 3.05) is 13.2 Å². The molecule has 8 N–H and O–H groups in total. The maximum atomic E-state index is 14.0. The number of aliphatic hydroxyl groups excluding tert-OH is 8. The van der Waals surface area contributed by atoms with E-state index in [0.29, 0.717) is 0 Å². The van der Waals surface area contributed by atoms with Crippen LogP contribution in [0.5, 0.6) is 0 Å².